The number of hydrogen-bond acceptors (Lipinski definition) is 4. The van der Waals surface area contributed by atoms with Crippen LogP contribution < -0.4 is 11.1 Å². The summed E-state index contributed by atoms with van der Waals surface area (Å²) in [4.78, 5) is 12.1. The summed E-state index contributed by atoms with van der Waals surface area (Å²) in [5, 5.41) is 7.06. The normalized spacial score (nSPS) is 23.2. The first-order chi connectivity index (χ1) is 8.56. The lowest BCUT2D eigenvalue weighted by molar-refractivity contribution is 0.0940. The smallest absolute Gasteiger partial charge is 0.271 e. The summed E-state index contributed by atoms with van der Waals surface area (Å²) in [5.41, 5.74) is 6.70. The first-order valence-electron chi connectivity index (χ1n) is 6.29. The highest BCUT2D eigenvalue weighted by Crippen LogP contribution is 2.37. The van der Waals surface area contributed by atoms with Crippen molar-refractivity contribution in [3.63, 3.8) is 0 Å². The monoisotopic (exact) mass is 268 g/mol. The summed E-state index contributed by atoms with van der Waals surface area (Å²) in [6.07, 6.45) is 3.91. The number of nitrogen functional groups attached to an aromatic ring is 1. The number of nitrogens with two attached hydrogens (primary N) is 1. The van der Waals surface area contributed by atoms with Gasteiger partial charge in [-0.3, -0.25) is 9.48 Å². The lowest BCUT2D eigenvalue weighted by atomic mass is 10.1. The van der Waals surface area contributed by atoms with Crippen LogP contribution in [0.15, 0.2) is 6.20 Å². The molecule has 0 aliphatic carbocycles. The SMILES string of the molecule is CCn1ncc(N)c1C(=O)NCC1(C)CCCS1. The predicted molar refractivity (Wildman–Crippen MR) is 74.7 cm³/mol. The largest absolute Gasteiger partial charge is 0.396 e. The van der Waals surface area contributed by atoms with Crippen molar-refractivity contribution >= 4 is 23.4 Å². The third kappa shape index (κ3) is 2.63. The molecule has 1 atom stereocenters. The van der Waals surface area contributed by atoms with Gasteiger partial charge in [-0.1, -0.05) is 0 Å². The summed E-state index contributed by atoms with van der Waals surface area (Å²) in [6, 6.07) is 0. The molecule has 5 nitrogen and oxygen atoms in total. The second-order valence-electron chi connectivity index (χ2n) is 4.85. The van der Waals surface area contributed by atoms with Crippen LogP contribution in [0.5, 0.6) is 0 Å². The van der Waals surface area contributed by atoms with Crippen molar-refractivity contribution in [1.82, 2.24) is 15.1 Å². The average molecular weight is 268 g/mol. The van der Waals surface area contributed by atoms with Gasteiger partial charge in [0.1, 0.15) is 5.69 Å². The fourth-order valence-electron chi connectivity index (χ4n) is 2.22. The van der Waals surface area contributed by atoms with E-state index < -0.39 is 0 Å². The molecule has 100 valence electrons. The topological polar surface area (TPSA) is 72.9 Å². The Kier molecular flexibility index (Phi) is 3.85. The standard InChI is InChI=1S/C12H20N4OS/c1-3-16-10(9(13)7-15-16)11(17)14-8-12(2)5-4-6-18-12/h7H,3-6,8,13H2,1-2H3,(H,14,17). The number of aryl methyl sites for hydroxylation is 1. The molecule has 1 aromatic heterocycles. The van der Waals surface area contributed by atoms with Gasteiger partial charge in [0.15, 0.2) is 0 Å². The van der Waals surface area contributed by atoms with Crippen molar-refractivity contribution in [3.05, 3.63) is 11.9 Å². The first kappa shape index (κ1) is 13.3. The van der Waals surface area contributed by atoms with Crippen LogP contribution in [0.4, 0.5) is 5.69 Å². The van der Waals surface area contributed by atoms with Crippen LogP contribution in [0.3, 0.4) is 0 Å². The molecule has 3 N–H and O–H groups in total. The number of thioether (sulfide) groups is 1. The minimum Gasteiger partial charge on any atom is -0.396 e. The zero-order chi connectivity index (χ0) is 13.2. The average Bonchev–Trinajstić information content (AvgIpc) is 2.93. The molecule has 2 heterocycles. The second kappa shape index (κ2) is 5.22. The molecule has 0 saturated carbocycles. The highest BCUT2D eigenvalue weighted by molar-refractivity contribution is 8.00. The predicted octanol–water partition coefficient (Wildman–Crippen LogP) is 1.50. The van der Waals surface area contributed by atoms with Crippen LogP contribution in [0.2, 0.25) is 0 Å². The molecule has 2 rings (SSSR count). The molecular weight excluding hydrogens is 248 g/mol. The van der Waals surface area contributed by atoms with Crippen molar-refractivity contribution in [1.29, 1.82) is 0 Å². The number of rotatable bonds is 4. The summed E-state index contributed by atoms with van der Waals surface area (Å²) in [7, 11) is 0. The van der Waals surface area contributed by atoms with Crippen molar-refractivity contribution in [3.8, 4) is 0 Å². The highest BCUT2D eigenvalue weighted by Gasteiger charge is 2.30. The summed E-state index contributed by atoms with van der Waals surface area (Å²) in [5.74, 6) is 1.06. The molecule has 18 heavy (non-hydrogen) atoms. The molecule has 0 aromatic carbocycles. The molecule has 0 spiro atoms. The van der Waals surface area contributed by atoms with Crippen molar-refractivity contribution in [2.75, 3.05) is 18.0 Å². The van der Waals surface area contributed by atoms with Gasteiger partial charge < -0.3 is 11.1 Å². The number of anilines is 1. The molecule has 1 unspecified atom stereocenters. The summed E-state index contributed by atoms with van der Waals surface area (Å²) >= 11 is 1.93. The van der Waals surface area contributed by atoms with Gasteiger partial charge in [-0.15, -0.1) is 0 Å². The quantitative estimate of drug-likeness (QED) is 0.868. The van der Waals surface area contributed by atoms with Crippen molar-refractivity contribution in [2.24, 2.45) is 0 Å². The van der Waals surface area contributed by atoms with E-state index in [-0.39, 0.29) is 10.7 Å². The highest BCUT2D eigenvalue weighted by atomic mass is 32.2. The van der Waals surface area contributed by atoms with E-state index in [0.717, 1.165) is 6.42 Å². The Hall–Kier alpha value is -1.17. The van der Waals surface area contributed by atoms with Gasteiger partial charge in [0.25, 0.3) is 5.91 Å². The van der Waals surface area contributed by atoms with E-state index in [2.05, 4.69) is 17.3 Å². The fraction of sp³-hybridized carbons (Fsp3) is 0.667. The molecule has 1 aliphatic rings. The zero-order valence-corrected chi connectivity index (χ0v) is 11.7. The Labute approximate surface area is 111 Å². The molecule has 1 saturated heterocycles. The molecule has 1 fully saturated rings. The lowest BCUT2D eigenvalue weighted by Gasteiger charge is -2.22. The van der Waals surface area contributed by atoms with E-state index in [1.807, 2.05) is 18.7 Å². The Bertz CT molecular complexity index is 437. The molecule has 0 radical (unpaired) electrons. The lowest BCUT2D eigenvalue weighted by Crippen LogP contribution is -2.37. The van der Waals surface area contributed by atoms with Crippen LogP contribution in [0, 0.1) is 0 Å². The molecule has 1 aromatic rings. The Balaban J connectivity index is 2.01. The third-order valence-corrected chi connectivity index (χ3v) is 4.84. The number of nitrogens with one attached hydrogen (secondary N) is 1. The minimum absolute atomic E-state index is 0.124. The Morgan fingerprint density at radius 3 is 3.11 bits per heavy atom. The van der Waals surface area contributed by atoms with Crippen molar-refractivity contribution < 1.29 is 4.79 Å². The van der Waals surface area contributed by atoms with E-state index in [9.17, 15) is 4.79 Å². The van der Waals surface area contributed by atoms with E-state index >= 15 is 0 Å². The number of aromatic nitrogens is 2. The fourth-order valence-corrected chi connectivity index (χ4v) is 3.46. The number of carbonyl (C=O) groups excluding carboxylic acids is 1. The maximum Gasteiger partial charge on any atom is 0.271 e. The van der Waals surface area contributed by atoms with Crippen LogP contribution >= 0.6 is 11.8 Å². The molecule has 1 amide bonds. The van der Waals surface area contributed by atoms with Crippen LogP contribution in [0.25, 0.3) is 0 Å². The van der Waals surface area contributed by atoms with E-state index in [1.54, 1.807) is 4.68 Å². The number of nitrogens with zero attached hydrogens (tertiary/aromatic N) is 2. The van der Waals surface area contributed by atoms with E-state index in [1.165, 1.54) is 18.4 Å². The third-order valence-electron chi connectivity index (χ3n) is 3.31. The number of amides is 1. The number of carbonyl (C=O) groups is 1. The molecule has 1 aliphatic heterocycles. The van der Waals surface area contributed by atoms with Crippen LogP contribution in [-0.4, -0.2) is 32.7 Å². The zero-order valence-electron chi connectivity index (χ0n) is 10.9. The number of hydrogen-bond donors (Lipinski definition) is 2. The van der Waals surface area contributed by atoms with Gasteiger partial charge in [-0.25, -0.2) is 0 Å². The Morgan fingerprint density at radius 2 is 2.50 bits per heavy atom. The van der Waals surface area contributed by atoms with E-state index in [0.29, 0.717) is 24.5 Å². The van der Waals surface area contributed by atoms with Crippen LogP contribution in [0.1, 0.15) is 37.2 Å². The van der Waals surface area contributed by atoms with Gasteiger partial charge >= 0.3 is 0 Å². The minimum atomic E-state index is -0.124. The second-order valence-corrected chi connectivity index (χ2v) is 6.53. The van der Waals surface area contributed by atoms with Gasteiger partial charge in [0.05, 0.1) is 11.9 Å². The van der Waals surface area contributed by atoms with Gasteiger partial charge in [-0.2, -0.15) is 16.9 Å². The van der Waals surface area contributed by atoms with Crippen LogP contribution in [-0.2, 0) is 6.54 Å². The molecular formula is C12H20N4OS. The molecule has 6 heteroatoms. The molecule has 0 bridgehead atoms. The summed E-state index contributed by atoms with van der Waals surface area (Å²) < 4.78 is 1.80. The maximum atomic E-state index is 12.1. The summed E-state index contributed by atoms with van der Waals surface area (Å²) in [6.45, 7) is 5.47. The van der Waals surface area contributed by atoms with Gasteiger partial charge in [0, 0.05) is 17.8 Å². The van der Waals surface area contributed by atoms with E-state index in [4.69, 9.17) is 5.73 Å². The Morgan fingerprint density at radius 1 is 1.72 bits per heavy atom. The van der Waals surface area contributed by atoms with Gasteiger partial charge in [-0.05, 0) is 32.4 Å². The maximum absolute atomic E-state index is 12.1. The van der Waals surface area contributed by atoms with Crippen molar-refractivity contribution in [2.45, 2.75) is 38.0 Å². The first-order valence-corrected chi connectivity index (χ1v) is 7.28. The van der Waals surface area contributed by atoms with Gasteiger partial charge in [0.2, 0.25) is 0 Å².